The molecule has 0 saturated carbocycles. The fourth-order valence-electron chi connectivity index (χ4n) is 1.77. The minimum absolute atomic E-state index is 0. The van der Waals surface area contributed by atoms with Crippen LogP contribution in [0.15, 0.2) is 60.9 Å². The Balaban J connectivity index is 0.00000121. The van der Waals surface area contributed by atoms with Gasteiger partial charge in [-0.05, 0) is 42.5 Å². The molecule has 2 aromatic heterocycles. The molecule has 0 saturated heterocycles. The number of nitrogens with zero attached hydrogens (tertiary/aromatic N) is 3. The number of nitrogens with two attached hydrogens (primary N) is 1. The molecule has 0 fully saturated rings. The molecule has 2 heterocycles. The molecule has 3 aromatic rings. The maximum atomic E-state index is 5.65. The fraction of sp³-hybridized carbons (Fsp3) is 0. The van der Waals surface area contributed by atoms with E-state index in [-0.39, 0.29) is 24.8 Å². The number of nitrogens with one attached hydrogen (secondary N) is 1. The van der Waals surface area contributed by atoms with E-state index >= 15 is 0 Å². The summed E-state index contributed by atoms with van der Waals surface area (Å²) in [5.74, 6) is 0.526. The number of rotatable bonds is 3. The highest BCUT2D eigenvalue weighted by atomic mass is 35.5. The van der Waals surface area contributed by atoms with Crippen molar-refractivity contribution in [3.8, 4) is 11.4 Å². The molecule has 0 bridgehead atoms. The Morgan fingerprint density at radius 2 is 1.55 bits per heavy atom. The number of halogens is 2. The Morgan fingerprint density at radius 1 is 0.773 bits per heavy atom. The van der Waals surface area contributed by atoms with Gasteiger partial charge in [0.1, 0.15) is 0 Å². The SMILES string of the molecule is Cl.Cl.Nc1ccc(Nc2nccc(-c3ccccn3)n2)cc1. The maximum Gasteiger partial charge on any atom is 0.227 e. The highest BCUT2D eigenvalue weighted by Gasteiger charge is 2.03. The Bertz CT molecular complexity index is 705. The summed E-state index contributed by atoms with van der Waals surface area (Å²) in [4.78, 5) is 12.9. The van der Waals surface area contributed by atoms with Crippen LogP contribution in [0, 0.1) is 0 Å². The van der Waals surface area contributed by atoms with Gasteiger partial charge < -0.3 is 11.1 Å². The van der Waals surface area contributed by atoms with Crippen molar-refractivity contribution in [2.75, 3.05) is 11.1 Å². The summed E-state index contributed by atoms with van der Waals surface area (Å²) in [6.45, 7) is 0. The summed E-state index contributed by atoms with van der Waals surface area (Å²) in [6, 6.07) is 15.0. The number of pyridine rings is 1. The largest absolute Gasteiger partial charge is 0.399 e. The van der Waals surface area contributed by atoms with E-state index in [1.165, 1.54) is 0 Å². The summed E-state index contributed by atoms with van der Waals surface area (Å²) in [7, 11) is 0. The lowest BCUT2D eigenvalue weighted by atomic mass is 10.2. The summed E-state index contributed by atoms with van der Waals surface area (Å²) in [6.07, 6.45) is 3.45. The topological polar surface area (TPSA) is 76.7 Å². The van der Waals surface area contributed by atoms with Gasteiger partial charge in [-0.15, -0.1) is 24.8 Å². The van der Waals surface area contributed by atoms with E-state index < -0.39 is 0 Å². The van der Waals surface area contributed by atoms with Crippen molar-refractivity contribution in [1.29, 1.82) is 0 Å². The molecule has 114 valence electrons. The molecule has 22 heavy (non-hydrogen) atoms. The molecule has 0 aliphatic heterocycles. The van der Waals surface area contributed by atoms with Crippen molar-refractivity contribution in [2.45, 2.75) is 0 Å². The Kier molecular flexibility index (Phi) is 6.56. The zero-order valence-electron chi connectivity index (χ0n) is 11.5. The molecule has 3 N–H and O–H groups in total. The van der Waals surface area contributed by atoms with Crippen molar-refractivity contribution in [1.82, 2.24) is 15.0 Å². The van der Waals surface area contributed by atoms with Crippen LogP contribution in [0.1, 0.15) is 0 Å². The average Bonchev–Trinajstić information content (AvgIpc) is 2.51. The number of anilines is 3. The van der Waals surface area contributed by atoms with Crippen LogP contribution < -0.4 is 11.1 Å². The standard InChI is InChI=1S/C15H13N5.2ClH/c16-11-4-6-12(7-5-11)19-15-18-10-8-14(20-15)13-3-1-2-9-17-13;;/h1-10H,16H2,(H,18,19,20);2*1H. The number of hydrogen-bond acceptors (Lipinski definition) is 5. The zero-order chi connectivity index (χ0) is 13.8. The van der Waals surface area contributed by atoms with E-state index in [1.54, 1.807) is 12.4 Å². The van der Waals surface area contributed by atoms with Crippen LogP contribution in [0.2, 0.25) is 0 Å². The molecule has 0 spiro atoms. The van der Waals surface area contributed by atoms with Gasteiger partial charge in [0, 0.05) is 23.8 Å². The summed E-state index contributed by atoms with van der Waals surface area (Å²) in [5, 5.41) is 3.14. The second-order valence-electron chi connectivity index (χ2n) is 4.23. The molecule has 7 heteroatoms. The lowest BCUT2D eigenvalue weighted by Crippen LogP contribution is -1.98. The van der Waals surface area contributed by atoms with Gasteiger partial charge in [-0.2, -0.15) is 0 Å². The van der Waals surface area contributed by atoms with Gasteiger partial charge in [0.2, 0.25) is 5.95 Å². The number of aromatic nitrogens is 3. The summed E-state index contributed by atoms with van der Waals surface area (Å²) in [5.41, 5.74) is 8.85. The van der Waals surface area contributed by atoms with E-state index in [0.29, 0.717) is 5.95 Å². The monoisotopic (exact) mass is 335 g/mol. The highest BCUT2D eigenvalue weighted by molar-refractivity contribution is 5.85. The molecule has 1 aromatic carbocycles. The fourth-order valence-corrected chi connectivity index (χ4v) is 1.77. The molecular weight excluding hydrogens is 321 g/mol. The maximum absolute atomic E-state index is 5.65. The van der Waals surface area contributed by atoms with Crippen LogP contribution in [0.4, 0.5) is 17.3 Å². The predicted octanol–water partition coefficient (Wildman–Crippen LogP) is 3.71. The minimum Gasteiger partial charge on any atom is -0.399 e. The van der Waals surface area contributed by atoms with E-state index in [0.717, 1.165) is 22.8 Å². The average molecular weight is 336 g/mol. The number of hydrogen-bond donors (Lipinski definition) is 2. The second-order valence-corrected chi connectivity index (χ2v) is 4.23. The molecule has 3 rings (SSSR count). The number of benzene rings is 1. The molecule has 5 nitrogen and oxygen atoms in total. The van der Waals surface area contributed by atoms with Gasteiger partial charge in [-0.3, -0.25) is 4.98 Å². The van der Waals surface area contributed by atoms with Crippen LogP contribution in [0.25, 0.3) is 11.4 Å². The third-order valence-electron chi connectivity index (χ3n) is 2.75. The van der Waals surface area contributed by atoms with Gasteiger partial charge in [-0.25, -0.2) is 9.97 Å². The van der Waals surface area contributed by atoms with E-state index in [9.17, 15) is 0 Å². The van der Waals surface area contributed by atoms with Crippen molar-refractivity contribution in [3.63, 3.8) is 0 Å². The van der Waals surface area contributed by atoms with Gasteiger partial charge in [0.05, 0.1) is 11.4 Å². The smallest absolute Gasteiger partial charge is 0.227 e. The second kappa shape index (κ2) is 8.17. The number of nitrogen functional groups attached to an aromatic ring is 1. The van der Waals surface area contributed by atoms with Crippen molar-refractivity contribution in [3.05, 3.63) is 60.9 Å². The van der Waals surface area contributed by atoms with E-state index in [4.69, 9.17) is 5.73 Å². The first-order valence-electron chi connectivity index (χ1n) is 6.18. The first-order chi connectivity index (χ1) is 9.81. The zero-order valence-corrected chi connectivity index (χ0v) is 13.1. The van der Waals surface area contributed by atoms with Crippen LogP contribution in [0.3, 0.4) is 0 Å². The Labute approximate surface area is 140 Å². The van der Waals surface area contributed by atoms with Crippen LogP contribution in [-0.4, -0.2) is 15.0 Å². The molecule has 0 aliphatic rings. The van der Waals surface area contributed by atoms with Gasteiger partial charge in [0.15, 0.2) is 0 Å². The van der Waals surface area contributed by atoms with Gasteiger partial charge in [0.25, 0.3) is 0 Å². The predicted molar refractivity (Wildman–Crippen MR) is 93.9 cm³/mol. The quantitative estimate of drug-likeness (QED) is 0.713. The van der Waals surface area contributed by atoms with E-state index in [1.807, 2.05) is 48.5 Å². The molecule has 0 radical (unpaired) electrons. The Morgan fingerprint density at radius 3 is 2.23 bits per heavy atom. The first kappa shape index (κ1) is 17.7. The first-order valence-corrected chi connectivity index (χ1v) is 6.18. The lowest BCUT2D eigenvalue weighted by Gasteiger charge is -2.06. The molecule has 0 unspecified atom stereocenters. The molecular formula is C15H15Cl2N5. The summed E-state index contributed by atoms with van der Waals surface area (Å²) >= 11 is 0. The van der Waals surface area contributed by atoms with Crippen molar-refractivity contribution in [2.24, 2.45) is 0 Å². The highest BCUT2D eigenvalue weighted by Crippen LogP contribution is 2.18. The lowest BCUT2D eigenvalue weighted by molar-refractivity contribution is 1.15. The van der Waals surface area contributed by atoms with Gasteiger partial charge in [-0.1, -0.05) is 6.07 Å². The van der Waals surface area contributed by atoms with Crippen LogP contribution in [-0.2, 0) is 0 Å². The van der Waals surface area contributed by atoms with Crippen LogP contribution >= 0.6 is 24.8 Å². The molecule has 0 atom stereocenters. The Hall–Kier alpha value is -2.37. The van der Waals surface area contributed by atoms with Crippen LogP contribution in [0.5, 0.6) is 0 Å². The molecule has 0 aliphatic carbocycles. The minimum atomic E-state index is 0. The molecule has 0 amide bonds. The summed E-state index contributed by atoms with van der Waals surface area (Å²) < 4.78 is 0. The van der Waals surface area contributed by atoms with Crippen molar-refractivity contribution >= 4 is 42.1 Å². The van der Waals surface area contributed by atoms with Gasteiger partial charge >= 0.3 is 0 Å². The third kappa shape index (κ3) is 4.31. The normalized spacial score (nSPS) is 9.27. The third-order valence-corrected chi connectivity index (χ3v) is 2.75. The van der Waals surface area contributed by atoms with Crippen molar-refractivity contribution < 1.29 is 0 Å². The van der Waals surface area contributed by atoms with E-state index in [2.05, 4.69) is 20.3 Å².